The van der Waals surface area contributed by atoms with Crippen LogP contribution >= 0.6 is 0 Å². The maximum absolute atomic E-state index is 17.5. The number of aliphatic hydroxyl groups excluding tert-OH is 2. The Morgan fingerprint density at radius 3 is 2.78 bits per heavy atom. The number of nitrogens with zero attached hydrogens (tertiary/aromatic N) is 2. The molecular weight excluding hydrogens is 530 g/mol. The Hall–Kier alpha value is -2.85. The standard InChI is InChI=1S/C32H34F2N2O5/c1-29-9-8-20(38)12-24(29)25(33)13-23-22-11-19-16-36(15-18-5-3-7-26-21(18)6-4-10-35-26)41-32(19,28(40)17-37)30(22,2)14-27(39)31(23,29)34/h3-10,12,19,22-23,25,27,37,39H,11,13-17H2,1-2H3/t19-,22-,23-,25-,27-,29-,30-,31-,32-/m0/s1. The molecule has 1 aromatic carbocycles. The molecule has 0 radical (unpaired) electrons. The molecule has 0 spiro atoms. The molecular formula is C32H34F2N2O5. The quantitative estimate of drug-likeness (QED) is 0.583. The molecule has 1 saturated heterocycles. The van der Waals surface area contributed by atoms with Crippen LogP contribution < -0.4 is 0 Å². The number of benzene rings is 1. The topological polar surface area (TPSA) is 100.0 Å². The number of carbonyl (C=O) groups excluding carboxylic acids is 2. The predicted octanol–water partition coefficient (Wildman–Crippen LogP) is 3.83. The van der Waals surface area contributed by atoms with Gasteiger partial charge in [-0.05, 0) is 67.5 Å². The second-order valence-corrected chi connectivity index (χ2v) is 13.0. The van der Waals surface area contributed by atoms with Crippen LogP contribution in [0.2, 0.25) is 0 Å². The zero-order valence-corrected chi connectivity index (χ0v) is 23.1. The molecule has 7 rings (SSSR count). The van der Waals surface area contributed by atoms with Gasteiger partial charge in [-0.2, -0.15) is 5.06 Å². The van der Waals surface area contributed by atoms with Crippen molar-refractivity contribution in [1.82, 2.24) is 10.0 Å². The van der Waals surface area contributed by atoms with Crippen LogP contribution in [0.25, 0.3) is 10.9 Å². The van der Waals surface area contributed by atoms with E-state index in [0.29, 0.717) is 19.5 Å². The first kappa shape index (κ1) is 27.0. The first-order valence-electron chi connectivity index (χ1n) is 14.4. The van der Waals surface area contributed by atoms with Crippen LogP contribution in [0.1, 0.15) is 38.7 Å². The Kier molecular flexibility index (Phi) is 5.82. The van der Waals surface area contributed by atoms with E-state index in [4.69, 9.17) is 4.84 Å². The van der Waals surface area contributed by atoms with Crippen molar-refractivity contribution in [1.29, 1.82) is 0 Å². The number of hydrogen-bond donors (Lipinski definition) is 2. The summed E-state index contributed by atoms with van der Waals surface area (Å²) in [4.78, 5) is 36.8. The minimum atomic E-state index is -2.24. The minimum absolute atomic E-state index is 0.0674. The van der Waals surface area contributed by atoms with Gasteiger partial charge < -0.3 is 10.2 Å². The number of aromatic nitrogens is 1. The number of carbonyl (C=O) groups is 2. The molecule has 216 valence electrons. The lowest BCUT2D eigenvalue weighted by atomic mass is 9.44. The van der Waals surface area contributed by atoms with Gasteiger partial charge in [0.25, 0.3) is 0 Å². The van der Waals surface area contributed by atoms with E-state index >= 15 is 8.78 Å². The number of Topliss-reactive ketones (excluding diaryl/α,β-unsaturated/α-hetero) is 1. The number of fused-ring (bicyclic) bond motifs is 8. The molecule has 0 bridgehead atoms. The highest BCUT2D eigenvalue weighted by molar-refractivity contribution is 6.01. The van der Waals surface area contributed by atoms with Crippen LogP contribution in [0.3, 0.4) is 0 Å². The van der Waals surface area contributed by atoms with Crippen LogP contribution in [0.15, 0.2) is 60.3 Å². The van der Waals surface area contributed by atoms with E-state index in [0.717, 1.165) is 16.5 Å². The van der Waals surface area contributed by atoms with Gasteiger partial charge in [-0.1, -0.05) is 31.2 Å². The third-order valence-electron chi connectivity index (χ3n) is 11.3. The summed E-state index contributed by atoms with van der Waals surface area (Å²) in [5.74, 6) is -2.68. The fraction of sp³-hybridized carbons (Fsp3) is 0.531. The van der Waals surface area contributed by atoms with E-state index in [9.17, 15) is 19.8 Å². The van der Waals surface area contributed by atoms with Crippen molar-refractivity contribution in [2.45, 2.75) is 63.2 Å². The molecule has 1 aliphatic heterocycles. The molecule has 41 heavy (non-hydrogen) atoms. The van der Waals surface area contributed by atoms with Gasteiger partial charge in [-0.3, -0.25) is 19.4 Å². The number of alkyl halides is 2. The molecule has 9 atom stereocenters. The van der Waals surface area contributed by atoms with Gasteiger partial charge in [0, 0.05) is 47.3 Å². The number of rotatable bonds is 4. The first-order valence-corrected chi connectivity index (χ1v) is 14.4. The molecule has 2 N–H and O–H groups in total. The third-order valence-corrected chi connectivity index (χ3v) is 11.3. The fourth-order valence-electron chi connectivity index (χ4n) is 9.53. The lowest BCUT2D eigenvalue weighted by Gasteiger charge is -2.63. The van der Waals surface area contributed by atoms with Gasteiger partial charge in [-0.25, -0.2) is 8.78 Å². The zero-order valence-electron chi connectivity index (χ0n) is 23.1. The number of hydroxylamine groups is 2. The van der Waals surface area contributed by atoms with E-state index in [1.165, 1.54) is 18.2 Å². The molecule has 0 unspecified atom stereocenters. The van der Waals surface area contributed by atoms with Crippen LogP contribution in [0.5, 0.6) is 0 Å². The molecule has 9 heteroatoms. The lowest BCUT2D eigenvalue weighted by Crippen LogP contribution is -2.70. The van der Waals surface area contributed by atoms with Crippen molar-refractivity contribution < 1.29 is 33.4 Å². The van der Waals surface area contributed by atoms with Crippen molar-refractivity contribution in [2.24, 2.45) is 28.6 Å². The van der Waals surface area contributed by atoms with Gasteiger partial charge in [0.05, 0.1) is 11.6 Å². The molecule has 5 aliphatic rings. The number of aliphatic hydroxyl groups is 2. The maximum atomic E-state index is 17.5. The number of hydrogen-bond acceptors (Lipinski definition) is 7. The average molecular weight is 565 g/mol. The summed E-state index contributed by atoms with van der Waals surface area (Å²) in [6.45, 7) is 3.38. The molecule has 4 aliphatic carbocycles. The largest absolute Gasteiger partial charge is 0.390 e. The minimum Gasteiger partial charge on any atom is -0.390 e. The van der Waals surface area contributed by atoms with Crippen molar-refractivity contribution >= 4 is 22.5 Å². The van der Waals surface area contributed by atoms with E-state index in [1.807, 2.05) is 37.3 Å². The van der Waals surface area contributed by atoms with Gasteiger partial charge in [0.1, 0.15) is 12.8 Å². The Bertz CT molecular complexity index is 1520. The molecule has 7 nitrogen and oxygen atoms in total. The highest BCUT2D eigenvalue weighted by Crippen LogP contribution is 2.72. The summed E-state index contributed by atoms with van der Waals surface area (Å²) in [6.07, 6.45) is 2.57. The predicted molar refractivity (Wildman–Crippen MR) is 146 cm³/mol. The lowest BCUT2D eigenvalue weighted by molar-refractivity contribution is -0.269. The summed E-state index contributed by atoms with van der Waals surface area (Å²) in [5.41, 5.74) is -4.40. The summed E-state index contributed by atoms with van der Waals surface area (Å²) in [5, 5.41) is 24.5. The van der Waals surface area contributed by atoms with E-state index in [2.05, 4.69) is 4.98 Å². The summed E-state index contributed by atoms with van der Waals surface area (Å²) < 4.78 is 33.3. The molecule has 2 heterocycles. The van der Waals surface area contributed by atoms with Gasteiger partial charge in [-0.15, -0.1) is 0 Å². The Labute approximate surface area is 236 Å². The van der Waals surface area contributed by atoms with Crippen molar-refractivity contribution in [3.8, 4) is 0 Å². The molecule has 0 amide bonds. The molecule has 1 aromatic heterocycles. The second-order valence-electron chi connectivity index (χ2n) is 13.0. The summed E-state index contributed by atoms with van der Waals surface area (Å²) in [7, 11) is 0. The maximum Gasteiger partial charge on any atom is 0.192 e. The van der Waals surface area contributed by atoms with E-state index in [-0.39, 0.29) is 24.3 Å². The highest BCUT2D eigenvalue weighted by atomic mass is 19.1. The van der Waals surface area contributed by atoms with Crippen molar-refractivity contribution in [3.63, 3.8) is 0 Å². The average Bonchev–Trinajstić information content (AvgIpc) is 3.43. The smallest absolute Gasteiger partial charge is 0.192 e. The Morgan fingerprint density at radius 1 is 1.20 bits per heavy atom. The molecule has 4 fully saturated rings. The Morgan fingerprint density at radius 2 is 2.00 bits per heavy atom. The van der Waals surface area contributed by atoms with Crippen LogP contribution in [-0.2, 0) is 21.0 Å². The number of halogens is 2. The number of ketones is 2. The number of allylic oxidation sites excluding steroid dienone is 4. The fourth-order valence-corrected chi connectivity index (χ4v) is 9.53. The number of pyridine rings is 1. The third kappa shape index (κ3) is 3.29. The van der Waals surface area contributed by atoms with Gasteiger partial charge in [0.15, 0.2) is 22.8 Å². The highest BCUT2D eigenvalue weighted by Gasteiger charge is 2.79. The second kappa shape index (κ2) is 8.83. The SMILES string of the molecule is C[C@]12C=CC(=O)C=C1[C@@H](F)C[C@H]1[C@@H]3C[C@H]4CN(Cc5cccc6ncccc56)O[C@@]4(C(=O)CO)[C@@]3(C)C[C@H](O)[C@@]12F. The molecule has 3 saturated carbocycles. The van der Waals surface area contributed by atoms with E-state index < -0.39 is 64.4 Å². The normalized spacial score (nSPS) is 43.3. The zero-order chi connectivity index (χ0) is 28.9. The van der Waals surface area contributed by atoms with Crippen LogP contribution in [0, 0.1) is 28.6 Å². The summed E-state index contributed by atoms with van der Waals surface area (Å²) >= 11 is 0. The molecule has 2 aromatic rings. The summed E-state index contributed by atoms with van der Waals surface area (Å²) in [6, 6.07) is 9.66. The monoisotopic (exact) mass is 564 g/mol. The van der Waals surface area contributed by atoms with Gasteiger partial charge >= 0.3 is 0 Å². The van der Waals surface area contributed by atoms with Gasteiger partial charge in [0.2, 0.25) is 0 Å². The van der Waals surface area contributed by atoms with E-state index in [1.54, 1.807) is 18.2 Å². The van der Waals surface area contributed by atoms with Crippen molar-refractivity contribution in [3.05, 3.63) is 65.9 Å². The van der Waals surface area contributed by atoms with Crippen LogP contribution in [0.4, 0.5) is 8.78 Å². The first-order chi connectivity index (χ1) is 19.5. The van der Waals surface area contributed by atoms with Crippen LogP contribution in [-0.4, -0.2) is 68.5 Å². The Balaban J connectivity index is 1.27. The van der Waals surface area contributed by atoms with Crippen molar-refractivity contribution in [2.75, 3.05) is 13.2 Å².